The van der Waals surface area contributed by atoms with Gasteiger partial charge in [0.2, 0.25) is 0 Å². The highest BCUT2D eigenvalue weighted by Crippen LogP contribution is 2.25. The monoisotopic (exact) mass is 341 g/mol. The number of hydrogen-bond donors (Lipinski definition) is 0. The molecule has 2 rings (SSSR count). The number of rotatable bonds is 4. The van der Waals surface area contributed by atoms with Gasteiger partial charge in [0.05, 0.1) is 12.1 Å². The van der Waals surface area contributed by atoms with E-state index >= 15 is 0 Å². The number of aromatic nitrogens is 1. The van der Waals surface area contributed by atoms with Crippen molar-refractivity contribution in [1.82, 2.24) is 4.98 Å². The van der Waals surface area contributed by atoms with E-state index in [0.29, 0.717) is 22.9 Å². The number of halogens is 2. The highest BCUT2D eigenvalue weighted by Gasteiger charge is 2.18. The van der Waals surface area contributed by atoms with E-state index < -0.39 is 0 Å². The molecule has 5 heteroatoms. The Bertz CT molecular complexity index is 659. The number of carbonyl (C=O) groups excluding carboxylic acids is 1. The zero-order valence-corrected chi connectivity index (χ0v) is 14.6. The quantitative estimate of drug-likeness (QED) is 0.774. The van der Waals surface area contributed by atoms with E-state index in [1.54, 1.807) is 18.2 Å². The van der Waals surface area contributed by atoms with Crippen LogP contribution in [0.4, 0.5) is 0 Å². The minimum Gasteiger partial charge on any atom is -0.299 e. The second kappa shape index (κ2) is 6.47. The summed E-state index contributed by atoms with van der Waals surface area (Å²) in [5.74, 6) is 0.106. The van der Waals surface area contributed by atoms with Gasteiger partial charge in [0.25, 0.3) is 0 Å². The van der Waals surface area contributed by atoms with E-state index in [1.165, 1.54) is 11.3 Å². The Labute approximate surface area is 139 Å². The molecule has 21 heavy (non-hydrogen) atoms. The van der Waals surface area contributed by atoms with Gasteiger partial charge in [-0.15, -0.1) is 11.3 Å². The molecule has 0 N–H and O–H groups in total. The normalized spacial score (nSPS) is 11.7. The standard InChI is InChI=1S/C16H17Cl2NOS/c1-16(2,3)14-9-21-15(19-14)8-12(20)6-10-4-5-11(17)7-13(10)18/h4-5,7,9H,6,8H2,1-3H3. The first-order chi connectivity index (χ1) is 9.75. The van der Waals surface area contributed by atoms with Gasteiger partial charge in [-0.25, -0.2) is 4.98 Å². The van der Waals surface area contributed by atoms with Crippen LogP contribution in [-0.4, -0.2) is 10.8 Å². The molecular formula is C16H17Cl2NOS. The molecule has 0 spiro atoms. The van der Waals surface area contributed by atoms with Crippen molar-refractivity contribution in [3.8, 4) is 0 Å². The van der Waals surface area contributed by atoms with Crippen molar-refractivity contribution in [2.45, 2.75) is 39.0 Å². The Balaban J connectivity index is 2.03. The molecule has 0 fully saturated rings. The number of benzene rings is 1. The lowest BCUT2D eigenvalue weighted by molar-refractivity contribution is -0.117. The van der Waals surface area contributed by atoms with Crippen molar-refractivity contribution in [3.05, 3.63) is 49.9 Å². The Morgan fingerprint density at radius 2 is 1.95 bits per heavy atom. The van der Waals surface area contributed by atoms with Crippen LogP contribution in [0.25, 0.3) is 0 Å². The van der Waals surface area contributed by atoms with E-state index in [2.05, 4.69) is 25.8 Å². The fourth-order valence-electron chi connectivity index (χ4n) is 1.85. The molecule has 0 saturated heterocycles. The summed E-state index contributed by atoms with van der Waals surface area (Å²) in [4.78, 5) is 16.7. The van der Waals surface area contributed by atoms with Gasteiger partial charge in [-0.2, -0.15) is 0 Å². The Morgan fingerprint density at radius 1 is 1.24 bits per heavy atom. The molecule has 1 aromatic heterocycles. The Morgan fingerprint density at radius 3 is 2.52 bits per heavy atom. The van der Waals surface area contributed by atoms with E-state index in [4.69, 9.17) is 23.2 Å². The van der Waals surface area contributed by atoms with Crippen molar-refractivity contribution in [1.29, 1.82) is 0 Å². The molecule has 1 aromatic carbocycles. The van der Waals surface area contributed by atoms with Crippen LogP contribution in [-0.2, 0) is 23.1 Å². The number of hydrogen-bond acceptors (Lipinski definition) is 3. The molecule has 0 aliphatic rings. The van der Waals surface area contributed by atoms with Crippen LogP contribution < -0.4 is 0 Å². The molecule has 2 aromatic rings. The molecule has 2 nitrogen and oxygen atoms in total. The predicted octanol–water partition coefficient (Wildman–Crippen LogP) is 5.10. The predicted molar refractivity (Wildman–Crippen MR) is 89.7 cm³/mol. The zero-order chi connectivity index (χ0) is 15.6. The number of nitrogens with zero attached hydrogens (tertiary/aromatic N) is 1. The summed E-state index contributed by atoms with van der Waals surface area (Å²) in [6.07, 6.45) is 0.653. The minimum absolute atomic E-state index is 0.0112. The Kier molecular flexibility index (Phi) is 5.07. The van der Waals surface area contributed by atoms with Crippen molar-refractivity contribution < 1.29 is 4.79 Å². The SMILES string of the molecule is CC(C)(C)c1csc(CC(=O)Cc2ccc(Cl)cc2Cl)n1. The molecule has 0 amide bonds. The van der Waals surface area contributed by atoms with E-state index in [9.17, 15) is 4.79 Å². The fraction of sp³-hybridized carbons (Fsp3) is 0.375. The first kappa shape index (κ1) is 16.5. The highest BCUT2D eigenvalue weighted by atomic mass is 35.5. The molecule has 0 atom stereocenters. The first-order valence-corrected chi connectivity index (χ1v) is 8.30. The van der Waals surface area contributed by atoms with Crippen LogP contribution in [0.2, 0.25) is 10.0 Å². The fourth-order valence-corrected chi connectivity index (χ4v) is 3.37. The molecular weight excluding hydrogens is 325 g/mol. The topological polar surface area (TPSA) is 30.0 Å². The summed E-state index contributed by atoms with van der Waals surface area (Å²) in [6.45, 7) is 6.34. The molecule has 0 aliphatic carbocycles. The van der Waals surface area contributed by atoms with Crippen LogP contribution in [0.1, 0.15) is 37.0 Å². The van der Waals surface area contributed by atoms with Crippen molar-refractivity contribution >= 4 is 40.3 Å². The van der Waals surface area contributed by atoms with Gasteiger partial charge >= 0.3 is 0 Å². The summed E-state index contributed by atoms with van der Waals surface area (Å²) in [5.41, 5.74) is 1.84. The average molecular weight is 342 g/mol. The number of carbonyl (C=O) groups is 1. The first-order valence-electron chi connectivity index (χ1n) is 6.66. The van der Waals surface area contributed by atoms with Gasteiger partial charge in [-0.1, -0.05) is 50.0 Å². The third kappa shape index (κ3) is 4.53. The summed E-state index contributed by atoms with van der Waals surface area (Å²) >= 11 is 13.5. The van der Waals surface area contributed by atoms with Gasteiger partial charge in [0, 0.05) is 27.3 Å². The molecule has 0 aliphatic heterocycles. The highest BCUT2D eigenvalue weighted by molar-refractivity contribution is 7.09. The van der Waals surface area contributed by atoms with Gasteiger partial charge < -0.3 is 0 Å². The van der Waals surface area contributed by atoms with Crippen LogP contribution in [0.5, 0.6) is 0 Å². The largest absolute Gasteiger partial charge is 0.299 e. The van der Waals surface area contributed by atoms with Gasteiger partial charge in [-0.05, 0) is 17.7 Å². The van der Waals surface area contributed by atoms with Crippen molar-refractivity contribution in [2.75, 3.05) is 0 Å². The second-order valence-corrected chi connectivity index (χ2v) is 7.79. The summed E-state index contributed by atoms with van der Waals surface area (Å²) in [6, 6.07) is 5.20. The molecule has 0 bridgehead atoms. The third-order valence-electron chi connectivity index (χ3n) is 3.07. The maximum atomic E-state index is 12.2. The van der Waals surface area contributed by atoms with Gasteiger partial charge in [0.15, 0.2) is 0 Å². The summed E-state index contributed by atoms with van der Waals surface area (Å²) in [5, 5.41) is 3.99. The lowest BCUT2D eigenvalue weighted by Crippen LogP contribution is -2.12. The van der Waals surface area contributed by atoms with Crippen molar-refractivity contribution in [2.24, 2.45) is 0 Å². The molecule has 0 radical (unpaired) electrons. The number of ketones is 1. The lowest BCUT2D eigenvalue weighted by atomic mass is 9.93. The smallest absolute Gasteiger partial charge is 0.144 e. The van der Waals surface area contributed by atoms with Gasteiger partial charge in [0.1, 0.15) is 10.8 Å². The van der Waals surface area contributed by atoms with E-state index in [1.807, 2.05) is 5.38 Å². The molecule has 112 valence electrons. The maximum absolute atomic E-state index is 12.2. The van der Waals surface area contributed by atoms with E-state index in [0.717, 1.165) is 16.3 Å². The zero-order valence-electron chi connectivity index (χ0n) is 12.2. The molecule has 1 heterocycles. The summed E-state index contributed by atoms with van der Waals surface area (Å²) < 4.78 is 0. The molecule has 0 unspecified atom stereocenters. The van der Waals surface area contributed by atoms with Crippen molar-refractivity contribution in [3.63, 3.8) is 0 Å². The summed E-state index contributed by atoms with van der Waals surface area (Å²) in [7, 11) is 0. The third-order valence-corrected chi connectivity index (χ3v) is 4.51. The van der Waals surface area contributed by atoms with Crippen LogP contribution in [0, 0.1) is 0 Å². The van der Waals surface area contributed by atoms with E-state index in [-0.39, 0.29) is 11.2 Å². The average Bonchev–Trinajstić information content (AvgIpc) is 2.81. The molecule has 0 saturated carbocycles. The second-order valence-electron chi connectivity index (χ2n) is 6.00. The maximum Gasteiger partial charge on any atom is 0.144 e. The van der Waals surface area contributed by atoms with Gasteiger partial charge in [-0.3, -0.25) is 4.79 Å². The van der Waals surface area contributed by atoms with Crippen LogP contribution in [0.15, 0.2) is 23.6 Å². The Hall–Kier alpha value is -0.900. The van der Waals surface area contributed by atoms with Crippen LogP contribution in [0.3, 0.4) is 0 Å². The number of Topliss-reactive ketones (excluding diaryl/α,β-unsaturated/α-hetero) is 1. The lowest BCUT2D eigenvalue weighted by Gasteiger charge is -2.14. The minimum atomic E-state index is 0.0112. The van der Waals surface area contributed by atoms with Crippen LogP contribution >= 0.6 is 34.5 Å². The number of thiazole rings is 1.